The monoisotopic (exact) mass is 184 g/mol. The van der Waals surface area contributed by atoms with E-state index in [1.807, 2.05) is 12.3 Å². The molecule has 1 N–H and O–H groups in total. The molecule has 2 nitrogen and oxygen atoms in total. The molecule has 3 rings (SSSR count). The first-order valence-electron chi connectivity index (χ1n) is 4.88. The number of hydrogen-bond donors (Lipinski definition) is 1. The van der Waals surface area contributed by atoms with Gasteiger partial charge in [-0.05, 0) is 30.0 Å². The maximum absolute atomic E-state index is 3.39. The van der Waals surface area contributed by atoms with Crippen LogP contribution in [-0.4, -0.2) is 17.0 Å². The van der Waals surface area contributed by atoms with E-state index in [0.29, 0.717) is 12.1 Å². The molecule has 0 aromatic rings. The van der Waals surface area contributed by atoms with Crippen LogP contribution in [0.25, 0.3) is 0 Å². The summed E-state index contributed by atoms with van der Waals surface area (Å²) in [5.74, 6) is 0. The van der Waals surface area contributed by atoms with Crippen LogP contribution >= 0.6 is 0 Å². The summed E-state index contributed by atoms with van der Waals surface area (Å²) >= 11 is 0. The van der Waals surface area contributed by atoms with Crippen LogP contribution in [0.3, 0.4) is 0 Å². The molecule has 2 heteroatoms. The first-order chi connectivity index (χ1) is 6.95. The maximum Gasteiger partial charge on any atom is 0.0757 e. The van der Waals surface area contributed by atoms with Gasteiger partial charge < -0.3 is 10.2 Å². The third-order valence-electron chi connectivity index (χ3n) is 2.82. The lowest BCUT2D eigenvalue weighted by Gasteiger charge is -2.39. The predicted molar refractivity (Wildman–Crippen MR) is 57.2 cm³/mol. The van der Waals surface area contributed by atoms with Crippen LogP contribution in [0.1, 0.15) is 0 Å². The largest absolute Gasteiger partial charge is 0.382 e. The summed E-state index contributed by atoms with van der Waals surface area (Å²) in [6, 6.07) is 0.812. The van der Waals surface area contributed by atoms with E-state index in [1.165, 1.54) is 5.57 Å². The number of nitrogens with one attached hydrogen (secondary N) is 1. The van der Waals surface area contributed by atoms with Crippen molar-refractivity contribution in [2.75, 3.05) is 0 Å². The third kappa shape index (κ3) is 1.04. The highest BCUT2D eigenvalue weighted by Crippen LogP contribution is 2.25. The number of dihydropyridines is 1. The molecule has 0 bridgehead atoms. The van der Waals surface area contributed by atoms with Crippen LogP contribution in [-0.2, 0) is 0 Å². The Morgan fingerprint density at radius 1 is 1.14 bits per heavy atom. The van der Waals surface area contributed by atoms with Crippen molar-refractivity contribution in [2.24, 2.45) is 0 Å². The molecule has 2 atom stereocenters. The van der Waals surface area contributed by atoms with Gasteiger partial charge in [0.25, 0.3) is 0 Å². The second-order valence-electron chi connectivity index (χ2n) is 3.65. The van der Waals surface area contributed by atoms with E-state index in [4.69, 9.17) is 0 Å². The Hall–Kier alpha value is -1.70. The lowest BCUT2D eigenvalue weighted by molar-refractivity contribution is 0.351. The quantitative estimate of drug-likeness (QED) is 0.616. The first-order valence-corrected chi connectivity index (χ1v) is 4.88. The van der Waals surface area contributed by atoms with Crippen molar-refractivity contribution in [1.82, 2.24) is 10.2 Å². The second kappa shape index (κ2) is 2.91. The third-order valence-corrected chi connectivity index (χ3v) is 2.82. The van der Waals surface area contributed by atoms with E-state index >= 15 is 0 Å². The summed E-state index contributed by atoms with van der Waals surface area (Å²) in [6.07, 6.45) is 19.0. The summed E-state index contributed by atoms with van der Waals surface area (Å²) in [5.41, 5.74) is 1.36. The number of hydrogen-bond acceptors (Lipinski definition) is 2. The van der Waals surface area contributed by atoms with Gasteiger partial charge in [-0.25, -0.2) is 0 Å². The molecular formula is C12H12N2. The van der Waals surface area contributed by atoms with Crippen LogP contribution in [0.5, 0.6) is 0 Å². The van der Waals surface area contributed by atoms with Gasteiger partial charge in [-0.2, -0.15) is 0 Å². The average molecular weight is 184 g/mol. The van der Waals surface area contributed by atoms with Gasteiger partial charge in [-0.15, -0.1) is 0 Å². The summed E-state index contributed by atoms with van der Waals surface area (Å²) in [6.45, 7) is 0. The van der Waals surface area contributed by atoms with E-state index in [2.05, 4.69) is 53.0 Å². The number of rotatable bonds is 0. The van der Waals surface area contributed by atoms with Crippen LogP contribution in [0.4, 0.5) is 0 Å². The fourth-order valence-electron chi connectivity index (χ4n) is 2.10. The molecule has 0 spiro atoms. The van der Waals surface area contributed by atoms with E-state index in [9.17, 15) is 0 Å². The van der Waals surface area contributed by atoms with E-state index in [-0.39, 0.29) is 0 Å². The standard InChI is InChI=1S/C12H12N2/c1-2-8-14-9-6-10-4-3-7-13-12(10)11(14)5-1/h1-9,11-13H. The number of nitrogens with zero attached hydrogens (tertiary/aromatic N) is 1. The summed E-state index contributed by atoms with van der Waals surface area (Å²) < 4.78 is 0. The lowest BCUT2D eigenvalue weighted by Crippen LogP contribution is -2.48. The van der Waals surface area contributed by atoms with Gasteiger partial charge in [0, 0.05) is 12.4 Å². The van der Waals surface area contributed by atoms with Crippen molar-refractivity contribution in [3.63, 3.8) is 0 Å². The Morgan fingerprint density at radius 2 is 2.14 bits per heavy atom. The minimum absolute atomic E-state index is 0.395. The van der Waals surface area contributed by atoms with Crippen LogP contribution in [0, 0.1) is 0 Å². The zero-order valence-electron chi connectivity index (χ0n) is 7.80. The van der Waals surface area contributed by atoms with Gasteiger partial charge in [0.1, 0.15) is 0 Å². The zero-order valence-corrected chi connectivity index (χ0v) is 7.80. The molecule has 14 heavy (non-hydrogen) atoms. The first kappa shape index (κ1) is 7.68. The van der Waals surface area contributed by atoms with Gasteiger partial charge >= 0.3 is 0 Å². The summed E-state index contributed by atoms with van der Waals surface area (Å²) in [4.78, 5) is 2.23. The Morgan fingerprint density at radius 3 is 3.14 bits per heavy atom. The van der Waals surface area contributed by atoms with Gasteiger partial charge in [0.05, 0.1) is 12.1 Å². The topological polar surface area (TPSA) is 15.3 Å². The summed E-state index contributed by atoms with van der Waals surface area (Å²) in [5, 5.41) is 3.39. The van der Waals surface area contributed by atoms with Crippen molar-refractivity contribution >= 4 is 0 Å². The Balaban J connectivity index is 2.01. The van der Waals surface area contributed by atoms with Gasteiger partial charge in [0.15, 0.2) is 0 Å². The Kier molecular flexibility index (Phi) is 1.60. The molecule has 0 aliphatic carbocycles. The molecule has 3 aliphatic heterocycles. The second-order valence-corrected chi connectivity index (χ2v) is 3.65. The molecule has 0 saturated heterocycles. The minimum atomic E-state index is 0.395. The molecule has 0 aromatic heterocycles. The number of fused-ring (bicyclic) bond motifs is 3. The highest BCUT2D eigenvalue weighted by Gasteiger charge is 2.29. The van der Waals surface area contributed by atoms with Gasteiger partial charge in [0.2, 0.25) is 0 Å². The average Bonchev–Trinajstić information content (AvgIpc) is 2.29. The molecule has 0 amide bonds. The highest BCUT2D eigenvalue weighted by molar-refractivity contribution is 5.40. The van der Waals surface area contributed by atoms with Crippen molar-refractivity contribution in [3.05, 3.63) is 60.6 Å². The lowest BCUT2D eigenvalue weighted by atomic mass is 9.92. The Bertz CT molecular complexity index is 385. The smallest absolute Gasteiger partial charge is 0.0757 e. The van der Waals surface area contributed by atoms with Crippen LogP contribution in [0.15, 0.2) is 60.6 Å². The minimum Gasteiger partial charge on any atom is -0.382 e. The fraction of sp³-hybridized carbons (Fsp3) is 0.167. The van der Waals surface area contributed by atoms with Crippen molar-refractivity contribution in [3.8, 4) is 0 Å². The molecule has 0 aromatic carbocycles. The fourth-order valence-corrected chi connectivity index (χ4v) is 2.10. The summed E-state index contributed by atoms with van der Waals surface area (Å²) in [7, 11) is 0. The molecule has 0 saturated carbocycles. The molecule has 0 radical (unpaired) electrons. The molecule has 70 valence electrons. The van der Waals surface area contributed by atoms with E-state index in [1.54, 1.807) is 0 Å². The van der Waals surface area contributed by atoms with E-state index < -0.39 is 0 Å². The van der Waals surface area contributed by atoms with Crippen LogP contribution < -0.4 is 5.32 Å². The molecule has 2 unspecified atom stereocenters. The van der Waals surface area contributed by atoms with Crippen LogP contribution in [0.2, 0.25) is 0 Å². The molecule has 0 fully saturated rings. The van der Waals surface area contributed by atoms with Crippen molar-refractivity contribution in [1.29, 1.82) is 0 Å². The van der Waals surface area contributed by atoms with Gasteiger partial charge in [-0.3, -0.25) is 0 Å². The highest BCUT2D eigenvalue weighted by atomic mass is 15.2. The molecule has 3 heterocycles. The predicted octanol–water partition coefficient (Wildman–Crippen LogP) is 1.68. The van der Waals surface area contributed by atoms with E-state index in [0.717, 1.165) is 0 Å². The van der Waals surface area contributed by atoms with Crippen molar-refractivity contribution in [2.45, 2.75) is 12.1 Å². The molecular weight excluding hydrogens is 172 g/mol. The Labute approximate surface area is 83.6 Å². The zero-order chi connectivity index (χ0) is 9.38. The SMILES string of the molecule is C1=CNC2C(=C1)C=CN1C=CC=CC21. The van der Waals surface area contributed by atoms with Crippen molar-refractivity contribution < 1.29 is 0 Å². The van der Waals surface area contributed by atoms with Gasteiger partial charge in [-0.1, -0.05) is 18.2 Å². The number of allylic oxidation sites excluding steroid dienone is 4. The molecule has 3 aliphatic rings. The maximum atomic E-state index is 3.39. The normalized spacial score (nSPS) is 32.0.